The topological polar surface area (TPSA) is 64.7 Å². The molecule has 0 amide bonds. The van der Waals surface area contributed by atoms with Crippen molar-refractivity contribution in [2.24, 2.45) is 0 Å². The average Bonchev–Trinajstić information content (AvgIpc) is 3.48. The molecule has 8 heteroatoms. The fraction of sp³-hybridized carbons (Fsp3) is 0.120. The van der Waals surface area contributed by atoms with E-state index in [0.29, 0.717) is 11.8 Å². The zero-order chi connectivity index (χ0) is 22.1. The van der Waals surface area contributed by atoms with Gasteiger partial charge in [-0.1, -0.05) is 17.7 Å². The van der Waals surface area contributed by atoms with E-state index in [4.69, 9.17) is 10.2 Å². The molecule has 0 atom stereocenters. The molecule has 0 fully saturated rings. The SMILES string of the molecule is Cc1cc(C)c(N(c2cnn(-c3[c-]cccc3)n2)c2ncn(-c3[c-]cccc3)n2)c(C)c1.[Pt+2]. The summed E-state index contributed by atoms with van der Waals surface area (Å²) in [5.41, 5.74) is 5.95. The van der Waals surface area contributed by atoms with E-state index in [-0.39, 0.29) is 21.1 Å². The Labute approximate surface area is 207 Å². The van der Waals surface area contributed by atoms with Crippen LogP contribution in [-0.4, -0.2) is 29.8 Å². The largest absolute Gasteiger partial charge is 2.00 e. The molecule has 0 saturated carbocycles. The van der Waals surface area contributed by atoms with Crippen molar-refractivity contribution in [3.63, 3.8) is 0 Å². The van der Waals surface area contributed by atoms with E-state index in [2.05, 4.69) is 55.1 Å². The first-order chi connectivity index (χ1) is 15.6. The van der Waals surface area contributed by atoms with Gasteiger partial charge in [0.25, 0.3) is 5.95 Å². The predicted octanol–water partition coefficient (Wildman–Crippen LogP) is 4.84. The molecule has 0 unspecified atom stereocenters. The Morgan fingerprint density at radius 1 is 0.848 bits per heavy atom. The van der Waals surface area contributed by atoms with Crippen LogP contribution in [0.3, 0.4) is 0 Å². The number of anilines is 3. The van der Waals surface area contributed by atoms with Crippen LogP contribution in [0, 0.1) is 32.9 Å². The molecule has 7 nitrogen and oxygen atoms in total. The van der Waals surface area contributed by atoms with Crippen LogP contribution >= 0.6 is 0 Å². The molecule has 2 aromatic heterocycles. The molecule has 0 spiro atoms. The van der Waals surface area contributed by atoms with Crippen LogP contribution in [0.1, 0.15) is 16.7 Å². The number of hydrogen-bond acceptors (Lipinski definition) is 5. The van der Waals surface area contributed by atoms with Crippen LogP contribution in [0.15, 0.2) is 73.2 Å². The van der Waals surface area contributed by atoms with Gasteiger partial charge in [0.1, 0.15) is 6.33 Å². The Kier molecular flexibility index (Phi) is 6.52. The van der Waals surface area contributed by atoms with Gasteiger partial charge in [0.05, 0.1) is 11.9 Å². The summed E-state index contributed by atoms with van der Waals surface area (Å²) >= 11 is 0. The predicted molar refractivity (Wildman–Crippen MR) is 123 cm³/mol. The van der Waals surface area contributed by atoms with Crippen LogP contribution in [0.5, 0.6) is 0 Å². The molecular formula is C25H21N7Pt. The van der Waals surface area contributed by atoms with Crippen molar-refractivity contribution in [3.05, 3.63) is 102 Å². The van der Waals surface area contributed by atoms with E-state index >= 15 is 0 Å². The maximum Gasteiger partial charge on any atom is 2.00 e. The Morgan fingerprint density at radius 2 is 1.52 bits per heavy atom. The van der Waals surface area contributed by atoms with Crippen molar-refractivity contribution < 1.29 is 21.1 Å². The van der Waals surface area contributed by atoms with Gasteiger partial charge in [-0.2, -0.15) is 63.4 Å². The van der Waals surface area contributed by atoms with Crippen LogP contribution in [0.2, 0.25) is 0 Å². The third-order valence-corrected chi connectivity index (χ3v) is 5.10. The molecule has 0 aliphatic carbocycles. The quantitative estimate of drug-likeness (QED) is 0.265. The van der Waals surface area contributed by atoms with Crippen molar-refractivity contribution >= 4 is 17.5 Å². The van der Waals surface area contributed by atoms with Gasteiger partial charge in [-0.3, -0.25) is 4.90 Å². The van der Waals surface area contributed by atoms with Gasteiger partial charge in [-0.05, 0) is 43.3 Å². The molecule has 166 valence electrons. The van der Waals surface area contributed by atoms with Crippen molar-refractivity contribution in [1.82, 2.24) is 29.8 Å². The van der Waals surface area contributed by atoms with Crippen molar-refractivity contribution in [2.45, 2.75) is 20.8 Å². The summed E-state index contributed by atoms with van der Waals surface area (Å²) in [7, 11) is 0. The smallest absolute Gasteiger partial charge is 0.258 e. The van der Waals surface area contributed by atoms with E-state index < -0.39 is 0 Å². The van der Waals surface area contributed by atoms with Gasteiger partial charge in [-0.15, -0.1) is 22.3 Å². The number of nitrogens with zero attached hydrogens (tertiary/aromatic N) is 7. The Balaban J connectivity index is 0.00000259. The van der Waals surface area contributed by atoms with E-state index in [1.807, 2.05) is 53.4 Å². The molecule has 3 aromatic carbocycles. The second kappa shape index (κ2) is 9.51. The Morgan fingerprint density at radius 3 is 2.15 bits per heavy atom. The fourth-order valence-electron chi connectivity index (χ4n) is 3.82. The first-order valence-corrected chi connectivity index (χ1v) is 10.3. The van der Waals surface area contributed by atoms with Gasteiger partial charge in [-0.25, -0.2) is 4.68 Å². The standard InChI is InChI=1S/C25H21N7.Pt/c1-18-14-19(2)24(20(3)15-18)31(23-16-27-32(28-23)22-12-8-5-9-13-22)25-26-17-30(29-25)21-10-6-4-7-11-21;/h4-10,12,14-17H,1-3H3;/q-2;+2. The number of rotatable bonds is 5. The second-order valence-electron chi connectivity index (χ2n) is 7.56. The summed E-state index contributed by atoms with van der Waals surface area (Å²) in [6.45, 7) is 6.26. The molecule has 0 aliphatic heterocycles. The van der Waals surface area contributed by atoms with Gasteiger partial charge in [0, 0.05) is 0 Å². The number of para-hydroxylation sites is 2. The fourth-order valence-corrected chi connectivity index (χ4v) is 3.82. The van der Waals surface area contributed by atoms with E-state index in [9.17, 15) is 0 Å². The molecule has 5 rings (SSSR count). The molecule has 2 heterocycles. The van der Waals surface area contributed by atoms with Gasteiger partial charge in [0.2, 0.25) is 0 Å². The van der Waals surface area contributed by atoms with Gasteiger partial charge in [0.15, 0.2) is 5.82 Å². The first-order valence-electron chi connectivity index (χ1n) is 10.3. The molecule has 0 radical (unpaired) electrons. The third kappa shape index (κ3) is 4.50. The maximum atomic E-state index is 4.74. The first kappa shape index (κ1) is 22.6. The van der Waals surface area contributed by atoms with Crippen molar-refractivity contribution in [1.29, 1.82) is 0 Å². The van der Waals surface area contributed by atoms with Crippen LogP contribution in [0.25, 0.3) is 11.4 Å². The summed E-state index contributed by atoms with van der Waals surface area (Å²) in [5, 5.41) is 13.9. The van der Waals surface area contributed by atoms with E-state index in [0.717, 1.165) is 28.2 Å². The zero-order valence-electron chi connectivity index (χ0n) is 18.4. The molecule has 5 aromatic rings. The summed E-state index contributed by atoms with van der Waals surface area (Å²) in [4.78, 5) is 8.10. The summed E-state index contributed by atoms with van der Waals surface area (Å²) in [5.74, 6) is 1.12. The monoisotopic (exact) mass is 614 g/mol. The minimum Gasteiger partial charge on any atom is -0.258 e. The van der Waals surface area contributed by atoms with Crippen LogP contribution < -0.4 is 4.90 Å². The molecule has 0 N–H and O–H groups in total. The summed E-state index contributed by atoms with van der Waals surface area (Å²) in [6.07, 6.45) is 3.40. The van der Waals surface area contributed by atoms with Crippen molar-refractivity contribution in [3.8, 4) is 11.4 Å². The van der Waals surface area contributed by atoms with Crippen LogP contribution in [-0.2, 0) is 21.1 Å². The van der Waals surface area contributed by atoms with E-state index in [1.165, 1.54) is 5.56 Å². The third-order valence-electron chi connectivity index (χ3n) is 5.10. The second-order valence-corrected chi connectivity index (χ2v) is 7.56. The zero-order valence-corrected chi connectivity index (χ0v) is 20.6. The average molecular weight is 615 g/mol. The number of hydrogen-bond donors (Lipinski definition) is 0. The number of aryl methyl sites for hydroxylation is 3. The number of benzene rings is 3. The summed E-state index contributed by atoms with van der Waals surface area (Å²) < 4.78 is 1.70. The van der Waals surface area contributed by atoms with Gasteiger partial charge < -0.3 is 0 Å². The molecular weight excluding hydrogens is 593 g/mol. The van der Waals surface area contributed by atoms with Crippen LogP contribution in [0.4, 0.5) is 17.5 Å². The Bertz CT molecular complexity index is 1260. The van der Waals surface area contributed by atoms with Gasteiger partial charge >= 0.3 is 21.1 Å². The summed E-state index contributed by atoms with van der Waals surface area (Å²) in [6, 6.07) is 25.9. The number of aromatic nitrogens is 6. The van der Waals surface area contributed by atoms with Crippen molar-refractivity contribution in [2.75, 3.05) is 4.90 Å². The molecule has 0 bridgehead atoms. The maximum absolute atomic E-state index is 4.74. The normalized spacial score (nSPS) is 10.6. The van der Waals surface area contributed by atoms with E-state index in [1.54, 1.807) is 22.0 Å². The minimum absolute atomic E-state index is 0. The molecule has 0 saturated heterocycles. The Hall–Kier alpha value is -3.57. The minimum atomic E-state index is 0. The molecule has 33 heavy (non-hydrogen) atoms. The molecule has 0 aliphatic rings.